The van der Waals surface area contributed by atoms with Crippen LogP contribution in [-0.4, -0.2) is 27.2 Å². The van der Waals surface area contributed by atoms with Crippen molar-refractivity contribution in [3.63, 3.8) is 0 Å². The number of methoxy groups -OCH3 is 2. The molecule has 0 spiro atoms. The molecule has 0 bridgehead atoms. The predicted molar refractivity (Wildman–Crippen MR) is 72.5 cm³/mol. The number of amides is 1. The average Bonchev–Trinajstić information content (AvgIpc) is 2.42. The molecular weight excluding hydrogens is 244 g/mol. The quantitative estimate of drug-likeness (QED) is 0.816. The van der Waals surface area contributed by atoms with E-state index < -0.39 is 0 Å². The van der Waals surface area contributed by atoms with Crippen LogP contribution in [0.1, 0.15) is 18.4 Å². The summed E-state index contributed by atoms with van der Waals surface area (Å²) in [6.07, 6.45) is 0.405. The number of hydrogen-bond donors (Lipinski definition) is 0. The summed E-state index contributed by atoms with van der Waals surface area (Å²) in [4.78, 5) is 13.5. The van der Waals surface area contributed by atoms with E-state index in [-0.39, 0.29) is 18.7 Å². The maximum Gasteiger partial charge on any atom is 0.227 e. The maximum absolute atomic E-state index is 12.0. The summed E-state index contributed by atoms with van der Waals surface area (Å²) in [5, 5.41) is 8.53. The third kappa shape index (κ3) is 3.38. The summed E-state index contributed by atoms with van der Waals surface area (Å²) < 4.78 is 10.5. The second-order valence-corrected chi connectivity index (χ2v) is 4.11. The monoisotopic (exact) mass is 262 g/mol. The zero-order valence-corrected chi connectivity index (χ0v) is 11.7. The third-order valence-corrected chi connectivity index (χ3v) is 2.85. The minimum atomic E-state index is -0.117. The van der Waals surface area contributed by atoms with E-state index in [1.807, 2.05) is 19.1 Å². The first-order valence-corrected chi connectivity index (χ1v) is 5.91. The Morgan fingerprint density at radius 3 is 2.58 bits per heavy atom. The zero-order valence-electron chi connectivity index (χ0n) is 11.7. The summed E-state index contributed by atoms with van der Waals surface area (Å²) in [6, 6.07) is 5.54. The Morgan fingerprint density at radius 2 is 2.05 bits per heavy atom. The summed E-state index contributed by atoms with van der Waals surface area (Å²) in [5.41, 5.74) is 1.58. The fourth-order valence-electron chi connectivity index (χ4n) is 1.87. The molecule has 19 heavy (non-hydrogen) atoms. The van der Waals surface area contributed by atoms with Gasteiger partial charge in [0.1, 0.15) is 11.5 Å². The average molecular weight is 262 g/mol. The highest BCUT2D eigenvalue weighted by Crippen LogP contribution is 2.35. The Hall–Kier alpha value is -2.22. The van der Waals surface area contributed by atoms with E-state index in [1.54, 1.807) is 27.3 Å². The lowest BCUT2D eigenvalue weighted by Crippen LogP contribution is -2.27. The van der Waals surface area contributed by atoms with Crippen molar-refractivity contribution in [2.45, 2.75) is 19.8 Å². The lowest BCUT2D eigenvalue weighted by molar-refractivity contribution is -0.118. The van der Waals surface area contributed by atoms with Gasteiger partial charge in [-0.05, 0) is 18.6 Å². The molecule has 0 unspecified atom stereocenters. The van der Waals surface area contributed by atoms with Crippen molar-refractivity contribution >= 4 is 11.6 Å². The number of carbonyl (C=O) groups is 1. The van der Waals surface area contributed by atoms with Crippen LogP contribution in [0.25, 0.3) is 0 Å². The number of ether oxygens (including phenoxy) is 2. The topological polar surface area (TPSA) is 62.6 Å². The number of rotatable bonds is 5. The highest BCUT2D eigenvalue weighted by Gasteiger charge is 2.18. The first-order chi connectivity index (χ1) is 9.04. The molecule has 1 aromatic rings. The Bertz CT molecular complexity index is 506. The van der Waals surface area contributed by atoms with Gasteiger partial charge in [0.15, 0.2) is 0 Å². The van der Waals surface area contributed by atoms with Crippen molar-refractivity contribution in [2.75, 3.05) is 26.2 Å². The molecule has 0 N–H and O–H groups in total. The molecule has 0 heterocycles. The number of benzene rings is 1. The molecule has 0 fully saturated rings. The van der Waals surface area contributed by atoms with Gasteiger partial charge in [0, 0.05) is 26.0 Å². The molecule has 102 valence electrons. The normalized spacial score (nSPS) is 9.63. The van der Waals surface area contributed by atoms with E-state index in [4.69, 9.17) is 14.7 Å². The second-order valence-electron chi connectivity index (χ2n) is 4.11. The predicted octanol–water partition coefficient (Wildman–Crippen LogP) is 2.28. The van der Waals surface area contributed by atoms with Crippen molar-refractivity contribution < 1.29 is 14.3 Å². The Labute approximate surface area is 113 Å². The van der Waals surface area contributed by atoms with Gasteiger partial charge in [0.25, 0.3) is 0 Å². The van der Waals surface area contributed by atoms with E-state index in [2.05, 4.69) is 0 Å². The molecule has 5 nitrogen and oxygen atoms in total. The molecule has 5 heteroatoms. The molecule has 1 aromatic carbocycles. The summed E-state index contributed by atoms with van der Waals surface area (Å²) in [6.45, 7) is 1.88. The van der Waals surface area contributed by atoms with Crippen LogP contribution >= 0.6 is 0 Å². The molecule has 0 saturated heterocycles. The molecule has 0 radical (unpaired) electrons. The number of nitrogens with zero attached hydrogens (tertiary/aromatic N) is 2. The molecule has 1 amide bonds. The van der Waals surface area contributed by atoms with Crippen LogP contribution < -0.4 is 14.4 Å². The molecule has 1 rings (SSSR count). The van der Waals surface area contributed by atoms with Crippen molar-refractivity contribution in [3.05, 3.63) is 17.7 Å². The second kappa shape index (κ2) is 6.64. The van der Waals surface area contributed by atoms with Crippen LogP contribution in [0.4, 0.5) is 5.69 Å². The first-order valence-electron chi connectivity index (χ1n) is 5.91. The minimum Gasteiger partial charge on any atom is -0.497 e. The number of anilines is 1. The van der Waals surface area contributed by atoms with Gasteiger partial charge < -0.3 is 14.4 Å². The summed E-state index contributed by atoms with van der Waals surface area (Å²) in [7, 11) is 4.80. The van der Waals surface area contributed by atoms with Crippen molar-refractivity contribution in [1.82, 2.24) is 0 Å². The molecule has 0 aromatic heterocycles. The van der Waals surface area contributed by atoms with Crippen LogP contribution in [0.15, 0.2) is 12.1 Å². The zero-order chi connectivity index (χ0) is 14.4. The number of hydrogen-bond acceptors (Lipinski definition) is 4. The fourth-order valence-corrected chi connectivity index (χ4v) is 1.87. The van der Waals surface area contributed by atoms with Crippen LogP contribution in [-0.2, 0) is 4.79 Å². The maximum atomic E-state index is 12.0. The molecular formula is C14H18N2O3. The van der Waals surface area contributed by atoms with Gasteiger partial charge in [-0.2, -0.15) is 5.26 Å². The van der Waals surface area contributed by atoms with E-state index in [9.17, 15) is 4.79 Å². The van der Waals surface area contributed by atoms with Crippen LogP contribution in [0, 0.1) is 18.3 Å². The Morgan fingerprint density at radius 1 is 1.37 bits per heavy atom. The Kier molecular flexibility index (Phi) is 5.19. The summed E-state index contributed by atoms with van der Waals surface area (Å²) >= 11 is 0. The van der Waals surface area contributed by atoms with Crippen LogP contribution in [0.2, 0.25) is 0 Å². The van der Waals surface area contributed by atoms with Gasteiger partial charge in [-0.25, -0.2) is 0 Å². The van der Waals surface area contributed by atoms with Crippen LogP contribution in [0.5, 0.6) is 11.5 Å². The lowest BCUT2D eigenvalue weighted by Gasteiger charge is -2.22. The van der Waals surface area contributed by atoms with E-state index >= 15 is 0 Å². The van der Waals surface area contributed by atoms with Crippen molar-refractivity contribution in [2.24, 2.45) is 0 Å². The van der Waals surface area contributed by atoms with Crippen molar-refractivity contribution in [1.29, 1.82) is 5.26 Å². The fraction of sp³-hybridized carbons (Fsp3) is 0.429. The number of nitriles is 1. The van der Waals surface area contributed by atoms with Gasteiger partial charge in [-0.3, -0.25) is 4.79 Å². The van der Waals surface area contributed by atoms with Gasteiger partial charge in [0.2, 0.25) is 5.91 Å². The largest absolute Gasteiger partial charge is 0.497 e. The molecule has 0 aliphatic heterocycles. The van der Waals surface area contributed by atoms with Gasteiger partial charge in [0.05, 0.1) is 26.0 Å². The summed E-state index contributed by atoms with van der Waals surface area (Å²) in [5.74, 6) is 1.13. The van der Waals surface area contributed by atoms with Crippen molar-refractivity contribution in [3.8, 4) is 17.6 Å². The third-order valence-electron chi connectivity index (χ3n) is 2.85. The lowest BCUT2D eigenvalue weighted by atomic mass is 10.1. The highest BCUT2D eigenvalue weighted by atomic mass is 16.5. The smallest absolute Gasteiger partial charge is 0.227 e. The van der Waals surface area contributed by atoms with Gasteiger partial charge >= 0.3 is 0 Å². The standard InChI is InChI=1S/C14H18N2O3/c1-10-8-11(18-3)9-12(19-4)14(10)16(2)13(17)6-5-7-15/h8-9H,5-6H2,1-4H3. The van der Waals surface area contributed by atoms with Gasteiger partial charge in [-0.15, -0.1) is 0 Å². The SMILES string of the molecule is COc1cc(C)c(N(C)C(=O)CCC#N)c(OC)c1. The molecule has 0 aliphatic carbocycles. The highest BCUT2D eigenvalue weighted by molar-refractivity contribution is 5.95. The van der Waals surface area contributed by atoms with E-state index in [0.717, 1.165) is 5.56 Å². The van der Waals surface area contributed by atoms with E-state index in [1.165, 1.54) is 4.90 Å². The first kappa shape index (κ1) is 14.8. The number of carbonyl (C=O) groups excluding carboxylic acids is 1. The van der Waals surface area contributed by atoms with Crippen LogP contribution in [0.3, 0.4) is 0 Å². The molecule has 0 aliphatic rings. The Balaban J connectivity index is 3.12. The molecule has 0 saturated carbocycles. The molecule has 0 atom stereocenters. The van der Waals surface area contributed by atoms with E-state index in [0.29, 0.717) is 17.2 Å². The number of aryl methyl sites for hydroxylation is 1. The van der Waals surface area contributed by atoms with Gasteiger partial charge in [-0.1, -0.05) is 0 Å². The minimum absolute atomic E-state index is 0.117.